The number of sulfonamides is 1. The highest BCUT2D eigenvalue weighted by atomic mass is 79.9. The summed E-state index contributed by atoms with van der Waals surface area (Å²) in [6.07, 6.45) is 0. The van der Waals surface area contributed by atoms with Crippen LogP contribution in [0.3, 0.4) is 0 Å². The van der Waals surface area contributed by atoms with E-state index in [0.29, 0.717) is 20.3 Å². The van der Waals surface area contributed by atoms with Crippen LogP contribution in [0.5, 0.6) is 5.75 Å². The molecule has 0 atom stereocenters. The van der Waals surface area contributed by atoms with Crippen molar-refractivity contribution >= 4 is 74.9 Å². The van der Waals surface area contributed by atoms with E-state index < -0.39 is 15.4 Å². The molecule has 0 amide bonds. The lowest BCUT2D eigenvalue weighted by molar-refractivity contribution is 0.471. The Labute approximate surface area is 233 Å². The lowest BCUT2D eigenvalue weighted by atomic mass is 9.90. The molecule has 0 aliphatic carbocycles. The molecule has 0 aliphatic rings. The zero-order valence-corrected chi connectivity index (χ0v) is 24.8. The SMILES string of the molecule is Cc1ccc(S(=O)(=O)N(c2cc(Br)c(O)cc2Br)c2c(C(C)(C)C)[nH]c3ccc4ccccc4c23)cc1. The van der Waals surface area contributed by atoms with Crippen LogP contribution in [0.4, 0.5) is 11.4 Å². The van der Waals surface area contributed by atoms with Crippen molar-refractivity contribution in [2.45, 2.75) is 38.0 Å². The number of anilines is 2. The van der Waals surface area contributed by atoms with E-state index in [9.17, 15) is 13.5 Å². The van der Waals surface area contributed by atoms with Crippen molar-refractivity contribution < 1.29 is 13.5 Å². The number of hydrogen-bond acceptors (Lipinski definition) is 3. The van der Waals surface area contributed by atoms with Crippen LogP contribution in [0.2, 0.25) is 0 Å². The number of H-pyrrole nitrogens is 1. The van der Waals surface area contributed by atoms with Crippen molar-refractivity contribution in [3.8, 4) is 5.75 Å². The number of aryl methyl sites for hydroxylation is 1. The average molecular weight is 642 g/mol. The van der Waals surface area contributed by atoms with Crippen molar-refractivity contribution in [2.24, 2.45) is 0 Å². The van der Waals surface area contributed by atoms with Crippen molar-refractivity contribution in [3.63, 3.8) is 0 Å². The van der Waals surface area contributed by atoms with Crippen LogP contribution in [-0.2, 0) is 15.4 Å². The second-order valence-corrected chi connectivity index (χ2v) is 13.6. The molecule has 0 unspecified atom stereocenters. The van der Waals surface area contributed by atoms with E-state index in [0.717, 1.165) is 32.9 Å². The topological polar surface area (TPSA) is 73.4 Å². The van der Waals surface area contributed by atoms with Gasteiger partial charge in [-0.15, -0.1) is 0 Å². The molecular formula is C29H26Br2N2O3S. The maximum atomic E-state index is 14.6. The van der Waals surface area contributed by atoms with Crippen LogP contribution in [0, 0.1) is 6.92 Å². The Morgan fingerprint density at radius 2 is 1.57 bits per heavy atom. The van der Waals surface area contributed by atoms with Crippen LogP contribution in [0.25, 0.3) is 21.7 Å². The van der Waals surface area contributed by atoms with Gasteiger partial charge in [0.15, 0.2) is 0 Å². The highest BCUT2D eigenvalue weighted by molar-refractivity contribution is 9.11. The van der Waals surface area contributed by atoms with E-state index in [1.165, 1.54) is 10.4 Å². The van der Waals surface area contributed by atoms with E-state index in [1.54, 1.807) is 30.3 Å². The zero-order valence-electron chi connectivity index (χ0n) is 20.8. The highest BCUT2D eigenvalue weighted by Gasteiger charge is 2.36. The first-order valence-electron chi connectivity index (χ1n) is 11.7. The molecule has 1 heterocycles. The Bertz CT molecular complexity index is 1770. The van der Waals surface area contributed by atoms with Crippen molar-refractivity contribution in [1.29, 1.82) is 0 Å². The maximum Gasteiger partial charge on any atom is 0.268 e. The van der Waals surface area contributed by atoms with Gasteiger partial charge >= 0.3 is 0 Å². The Hall–Kier alpha value is -2.81. The molecule has 5 rings (SSSR count). The predicted molar refractivity (Wildman–Crippen MR) is 159 cm³/mol. The fourth-order valence-corrected chi connectivity index (χ4v) is 7.04. The lowest BCUT2D eigenvalue weighted by Gasteiger charge is -2.30. The van der Waals surface area contributed by atoms with Gasteiger partial charge in [-0.3, -0.25) is 0 Å². The third-order valence-corrected chi connectivity index (χ3v) is 9.41. The summed E-state index contributed by atoms with van der Waals surface area (Å²) >= 11 is 6.93. The number of benzene rings is 4. The van der Waals surface area contributed by atoms with Crippen molar-refractivity contribution in [2.75, 3.05) is 4.31 Å². The van der Waals surface area contributed by atoms with Crippen LogP contribution in [0.1, 0.15) is 32.0 Å². The molecule has 2 N–H and O–H groups in total. The Balaban J connectivity index is 1.98. The summed E-state index contributed by atoms with van der Waals surface area (Å²) in [7, 11) is -4.11. The Morgan fingerprint density at radius 1 is 0.892 bits per heavy atom. The van der Waals surface area contributed by atoms with E-state index >= 15 is 0 Å². The van der Waals surface area contributed by atoms with Gasteiger partial charge in [0.1, 0.15) is 5.75 Å². The molecule has 5 aromatic rings. The number of nitrogens with one attached hydrogen (secondary N) is 1. The summed E-state index contributed by atoms with van der Waals surface area (Å²) in [5.41, 5.74) is 3.11. The number of hydrogen-bond donors (Lipinski definition) is 2. The second-order valence-electron chi connectivity index (χ2n) is 10.1. The molecule has 0 saturated heterocycles. The molecule has 190 valence electrons. The van der Waals surface area contributed by atoms with Gasteiger partial charge in [-0.2, -0.15) is 0 Å². The highest BCUT2D eigenvalue weighted by Crippen LogP contribution is 2.49. The molecule has 0 aliphatic heterocycles. The summed E-state index contributed by atoms with van der Waals surface area (Å²) in [5.74, 6) is 0.00345. The van der Waals surface area contributed by atoms with Gasteiger partial charge < -0.3 is 10.1 Å². The van der Waals surface area contributed by atoms with Gasteiger partial charge in [-0.25, -0.2) is 12.7 Å². The summed E-state index contributed by atoms with van der Waals surface area (Å²) in [6.45, 7) is 8.09. The molecule has 0 radical (unpaired) electrons. The molecule has 0 spiro atoms. The minimum absolute atomic E-state index is 0.00345. The number of aromatic nitrogens is 1. The van der Waals surface area contributed by atoms with Crippen molar-refractivity contribution in [1.82, 2.24) is 4.98 Å². The van der Waals surface area contributed by atoms with E-state index in [-0.39, 0.29) is 10.6 Å². The van der Waals surface area contributed by atoms with Gasteiger partial charge in [-0.1, -0.05) is 68.8 Å². The number of halogens is 2. The largest absolute Gasteiger partial charge is 0.507 e. The fourth-order valence-electron chi connectivity index (χ4n) is 4.56. The van der Waals surface area contributed by atoms with Gasteiger partial charge in [0.05, 0.1) is 20.7 Å². The standard InChI is InChI=1S/C29H26Br2N2O3S/c1-17-9-12-19(13-10-17)37(35,36)33(24-15-22(31)25(34)16-21(24)30)27-26-20-8-6-5-7-18(20)11-14-23(26)32-28(27)29(2,3)4/h5-16,32,34H,1-4H3. The molecule has 0 fully saturated rings. The number of nitrogens with zero attached hydrogens (tertiary/aromatic N) is 1. The van der Waals surface area contributed by atoms with E-state index in [4.69, 9.17) is 0 Å². The molecule has 0 saturated carbocycles. The smallest absolute Gasteiger partial charge is 0.268 e. The Kier molecular flexibility index (Phi) is 6.41. The second kappa shape index (κ2) is 9.19. The minimum Gasteiger partial charge on any atom is -0.507 e. The van der Waals surface area contributed by atoms with Gasteiger partial charge in [0.2, 0.25) is 0 Å². The third-order valence-electron chi connectivity index (χ3n) is 6.41. The normalized spacial score (nSPS) is 12.4. The number of aromatic hydroxyl groups is 1. The molecule has 37 heavy (non-hydrogen) atoms. The minimum atomic E-state index is -4.11. The zero-order chi connectivity index (χ0) is 26.7. The molecule has 8 heteroatoms. The lowest BCUT2D eigenvalue weighted by Crippen LogP contribution is -2.29. The molecule has 1 aromatic heterocycles. The first-order valence-corrected chi connectivity index (χ1v) is 14.8. The number of phenolic OH excluding ortho intramolecular Hbond substituents is 1. The van der Waals surface area contributed by atoms with E-state index in [1.807, 2.05) is 43.3 Å². The number of phenols is 1. The van der Waals surface area contributed by atoms with E-state index in [2.05, 4.69) is 57.6 Å². The maximum absolute atomic E-state index is 14.6. The predicted octanol–water partition coefficient (Wildman–Crippen LogP) is 8.68. The molecule has 4 aromatic carbocycles. The monoisotopic (exact) mass is 640 g/mol. The van der Waals surface area contributed by atoms with Crippen LogP contribution in [-0.4, -0.2) is 18.5 Å². The average Bonchev–Trinajstić information content (AvgIpc) is 3.23. The van der Waals surface area contributed by atoms with Gasteiger partial charge in [0.25, 0.3) is 10.0 Å². The van der Waals surface area contributed by atoms with Crippen molar-refractivity contribution in [3.05, 3.63) is 93.0 Å². The summed E-state index contributed by atoms with van der Waals surface area (Å²) in [6, 6.07) is 22.0. The first-order chi connectivity index (χ1) is 17.4. The molecule has 5 nitrogen and oxygen atoms in total. The van der Waals surface area contributed by atoms with Gasteiger partial charge in [0, 0.05) is 26.5 Å². The quantitative estimate of drug-likeness (QED) is 0.206. The summed E-state index contributed by atoms with van der Waals surface area (Å²) in [4.78, 5) is 3.71. The summed E-state index contributed by atoms with van der Waals surface area (Å²) in [5, 5.41) is 13.1. The fraction of sp³-hybridized carbons (Fsp3) is 0.172. The number of fused-ring (bicyclic) bond motifs is 3. The molecule has 0 bridgehead atoms. The molecular weight excluding hydrogens is 616 g/mol. The van der Waals surface area contributed by atoms with Crippen LogP contribution >= 0.6 is 31.9 Å². The first kappa shape index (κ1) is 25.8. The third kappa shape index (κ3) is 4.45. The number of aromatic amines is 1. The van der Waals surface area contributed by atoms with Crippen LogP contribution in [0.15, 0.2) is 86.6 Å². The number of rotatable bonds is 4. The summed E-state index contributed by atoms with van der Waals surface area (Å²) < 4.78 is 31.4. The van der Waals surface area contributed by atoms with Gasteiger partial charge in [-0.05, 0) is 79.9 Å². The van der Waals surface area contributed by atoms with Crippen LogP contribution < -0.4 is 4.31 Å². The Morgan fingerprint density at radius 3 is 2.24 bits per heavy atom.